The molecule has 1 amide bonds. The van der Waals surface area contributed by atoms with Crippen LogP contribution < -0.4 is 4.90 Å². The molecule has 3 heterocycles. The minimum Gasteiger partial charge on any atom is -0.503 e. The van der Waals surface area contributed by atoms with Crippen molar-refractivity contribution in [2.45, 2.75) is 39.2 Å². The molecule has 0 fully saturated rings. The number of aromatic nitrogens is 1. The highest BCUT2D eigenvalue weighted by atomic mass is 32.1. The first-order valence-corrected chi connectivity index (χ1v) is 12.0. The molecule has 4 aromatic rings. The Morgan fingerprint density at radius 1 is 1.18 bits per heavy atom. The number of thiazole rings is 1. The lowest BCUT2D eigenvalue weighted by molar-refractivity contribution is -0.117. The molecule has 1 aliphatic heterocycles. The predicted molar refractivity (Wildman–Crippen MR) is 132 cm³/mol. The number of aryl methyl sites for hydroxylation is 1. The van der Waals surface area contributed by atoms with Crippen LogP contribution in [-0.2, 0) is 11.2 Å². The van der Waals surface area contributed by atoms with E-state index in [1.807, 2.05) is 36.4 Å². The number of benzene rings is 2. The number of nitrogens with zero attached hydrogens (tertiary/aromatic N) is 2. The third kappa shape index (κ3) is 3.62. The lowest BCUT2D eigenvalue weighted by atomic mass is 9.93. The monoisotopic (exact) mass is 472 g/mol. The summed E-state index contributed by atoms with van der Waals surface area (Å²) in [5, 5.41) is 11.3. The molecule has 2 aromatic carbocycles. The summed E-state index contributed by atoms with van der Waals surface area (Å²) in [6.07, 6.45) is 2.28. The average molecular weight is 473 g/mol. The number of carbonyl (C=O) groups excluding carboxylic acids is 2. The van der Waals surface area contributed by atoms with Crippen molar-refractivity contribution in [1.29, 1.82) is 0 Å². The topological polar surface area (TPSA) is 83.6 Å². The summed E-state index contributed by atoms with van der Waals surface area (Å²) >= 11 is 1.37. The van der Waals surface area contributed by atoms with Gasteiger partial charge in [0.25, 0.3) is 5.91 Å². The quantitative estimate of drug-likeness (QED) is 0.330. The molecule has 1 atom stereocenters. The number of fused-ring (bicyclic) bond motifs is 1. The molecule has 0 bridgehead atoms. The highest BCUT2D eigenvalue weighted by molar-refractivity contribution is 7.22. The Kier molecular flexibility index (Phi) is 5.57. The van der Waals surface area contributed by atoms with Gasteiger partial charge in [0.15, 0.2) is 16.7 Å². The van der Waals surface area contributed by atoms with Gasteiger partial charge in [-0.15, -0.1) is 0 Å². The molecule has 1 aliphatic rings. The number of hydrogen-bond donors (Lipinski definition) is 1. The largest absolute Gasteiger partial charge is 0.503 e. The Morgan fingerprint density at radius 3 is 2.59 bits per heavy atom. The van der Waals surface area contributed by atoms with E-state index < -0.39 is 23.5 Å². The Bertz CT molecular complexity index is 1410. The van der Waals surface area contributed by atoms with E-state index in [2.05, 4.69) is 31.8 Å². The maximum Gasteiger partial charge on any atom is 0.296 e. The molecule has 0 radical (unpaired) electrons. The van der Waals surface area contributed by atoms with Gasteiger partial charge in [0.1, 0.15) is 0 Å². The fourth-order valence-corrected chi connectivity index (χ4v) is 5.29. The predicted octanol–water partition coefficient (Wildman–Crippen LogP) is 6.36. The molecular formula is C27H24N2O4S. The highest BCUT2D eigenvalue weighted by Gasteiger charge is 2.46. The standard InChI is InChI=1S/C27H24N2O4S/c1-4-16-7-12-19-21(14-16)34-27(28-19)29-23(18-10-8-17(9-11-18)15(2)3)22(25(31)26(29)32)24(30)20-6-5-13-33-20/h5-15,23,31H,4H2,1-3H3. The minimum absolute atomic E-state index is 0.00856. The first-order chi connectivity index (χ1) is 16.4. The van der Waals surface area contributed by atoms with Crippen molar-refractivity contribution in [2.75, 3.05) is 4.90 Å². The number of Topliss-reactive ketones (excluding diaryl/α,β-unsaturated/α-hetero) is 1. The number of aliphatic hydroxyl groups excluding tert-OH is 1. The lowest BCUT2D eigenvalue weighted by Gasteiger charge is -2.24. The molecule has 2 aromatic heterocycles. The SMILES string of the molecule is CCc1ccc2nc(N3C(=O)C(O)=C(C(=O)c4ccco4)C3c3ccc(C(C)C)cc3)sc2c1. The summed E-state index contributed by atoms with van der Waals surface area (Å²) in [4.78, 5) is 32.8. The molecule has 172 valence electrons. The third-order valence-electron chi connectivity index (χ3n) is 6.17. The maximum absolute atomic E-state index is 13.4. The van der Waals surface area contributed by atoms with Crippen molar-refractivity contribution >= 4 is 38.4 Å². The van der Waals surface area contributed by atoms with E-state index in [1.165, 1.54) is 34.1 Å². The molecule has 5 rings (SSSR count). The number of amides is 1. The number of aliphatic hydroxyl groups is 1. The van der Waals surface area contributed by atoms with E-state index >= 15 is 0 Å². The van der Waals surface area contributed by atoms with E-state index in [0.29, 0.717) is 16.6 Å². The number of furan rings is 1. The molecule has 6 nitrogen and oxygen atoms in total. The van der Waals surface area contributed by atoms with Crippen molar-refractivity contribution in [3.8, 4) is 0 Å². The Balaban J connectivity index is 1.66. The highest BCUT2D eigenvalue weighted by Crippen LogP contribution is 2.44. The summed E-state index contributed by atoms with van der Waals surface area (Å²) in [5.74, 6) is -1.35. The second-order valence-electron chi connectivity index (χ2n) is 8.62. The van der Waals surface area contributed by atoms with Crippen LogP contribution in [0.2, 0.25) is 0 Å². The van der Waals surface area contributed by atoms with Gasteiger partial charge < -0.3 is 9.52 Å². The maximum atomic E-state index is 13.4. The molecule has 7 heteroatoms. The van der Waals surface area contributed by atoms with E-state index in [9.17, 15) is 14.7 Å². The lowest BCUT2D eigenvalue weighted by Crippen LogP contribution is -2.31. The van der Waals surface area contributed by atoms with Crippen LogP contribution in [0.3, 0.4) is 0 Å². The molecule has 1 N–H and O–H groups in total. The van der Waals surface area contributed by atoms with E-state index in [-0.39, 0.29) is 11.3 Å². The van der Waals surface area contributed by atoms with Crippen LogP contribution in [0.5, 0.6) is 0 Å². The fraction of sp³-hybridized carbons (Fsp3) is 0.222. The van der Waals surface area contributed by atoms with Gasteiger partial charge in [0, 0.05) is 0 Å². The van der Waals surface area contributed by atoms with Gasteiger partial charge >= 0.3 is 0 Å². The number of hydrogen-bond acceptors (Lipinski definition) is 6. The third-order valence-corrected chi connectivity index (χ3v) is 7.19. The first kappa shape index (κ1) is 22.1. The van der Waals surface area contributed by atoms with Crippen LogP contribution in [0.25, 0.3) is 10.2 Å². The smallest absolute Gasteiger partial charge is 0.296 e. The first-order valence-electron chi connectivity index (χ1n) is 11.2. The van der Waals surface area contributed by atoms with Crippen LogP contribution >= 0.6 is 11.3 Å². The van der Waals surface area contributed by atoms with Crippen LogP contribution in [0.15, 0.2) is 76.6 Å². The molecule has 0 spiro atoms. The Morgan fingerprint density at radius 2 is 1.94 bits per heavy atom. The minimum atomic E-state index is -0.822. The number of rotatable bonds is 6. The van der Waals surface area contributed by atoms with Gasteiger partial charge in [-0.1, -0.05) is 62.4 Å². The average Bonchev–Trinajstić information content (AvgIpc) is 3.57. The van der Waals surface area contributed by atoms with Crippen molar-refractivity contribution in [3.63, 3.8) is 0 Å². The number of carbonyl (C=O) groups is 2. The second-order valence-corrected chi connectivity index (χ2v) is 9.63. The summed E-state index contributed by atoms with van der Waals surface area (Å²) in [5.41, 5.74) is 3.78. The molecule has 34 heavy (non-hydrogen) atoms. The molecule has 0 aliphatic carbocycles. The molecular weight excluding hydrogens is 448 g/mol. The van der Waals surface area contributed by atoms with Crippen molar-refractivity contribution in [2.24, 2.45) is 0 Å². The zero-order valence-electron chi connectivity index (χ0n) is 19.1. The molecule has 0 saturated heterocycles. The van der Waals surface area contributed by atoms with Gasteiger partial charge in [0.2, 0.25) is 5.78 Å². The van der Waals surface area contributed by atoms with Crippen LogP contribution in [0.4, 0.5) is 5.13 Å². The van der Waals surface area contributed by atoms with Gasteiger partial charge in [-0.25, -0.2) is 4.98 Å². The van der Waals surface area contributed by atoms with Crippen molar-refractivity contribution < 1.29 is 19.1 Å². The summed E-state index contributed by atoms with van der Waals surface area (Å²) < 4.78 is 6.25. The summed E-state index contributed by atoms with van der Waals surface area (Å²) in [6, 6.07) is 16.1. The van der Waals surface area contributed by atoms with Gasteiger partial charge in [-0.05, 0) is 53.3 Å². The number of anilines is 1. The summed E-state index contributed by atoms with van der Waals surface area (Å²) in [6.45, 7) is 6.28. The van der Waals surface area contributed by atoms with Crippen LogP contribution in [-0.4, -0.2) is 21.8 Å². The molecule has 1 unspecified atom stereocenters. The van der Waals surface area contributed by atoms with E-state index in [0.717, 1.165) is 22.2 Å². The van der Waals surface area contributed by atoms with E-state index in [1.54, 1.807) is 6.07 Å². The fourth-order valence-electron chi connectivity index (χ4n) is 4.23. The number of ketones is 1. The Labute approximate surface area is 201 Å². The van der Waals surface area contributed by atoms with Gasteiger partial charge in [-0.2, -0.15) is 0 Å². The van der Waals surface area contributed by atoms with Gasteiger partial charge in [-0.3, -0.25) is 14.5 Å². The Hall–Kier alpha value is -3.71. The summed E-state index contributed by atoms with van der Waals surface area (Å²) in [7, 11) is 0. The normalized spacial score (nSPS) is 16.3. The van der Waals surface area contributed by atoms with Crippen molar-refractivity contribution in [1.82, 2.24) is 4.98 Å². The van der Waals surface area contributed by atoms with Gasteiger partial charge in [0.05, 0.1) is 28.1 Å². The molecule has 0 saturated carbocycles. The van der Waals surface area contributed by atoms with E-state index in [4.69, 9.17) is 4.42 Å². The van der Waals surface area contributed by atoms with Crippen molar-refractivity contribution in [3.05, 3.63) is 94.6 Å². The van der Waals surface area contributed by atoms with Crippen LogP contribution in [0, 0.1) is 0 Å². The second kappa shape index (κ2) is 8.57. The van der Waals surface area contributed by atoms with Crippen LogP contribution in [0.1, 0.15) is 60.0 Å². The zero-order chi connectivity index (χ0) is 24.0. The zero-order valence-corrected chi connectivity index (χ0v) is 19.9.